The zero-order chi connectivity index (χ0) is 13.1. The lowest BCUT2D eigenvalue weighted by atomic mass is 10.1. The number of aromatic nitrogens is 1. The van der Waals surface area contributed by atoms with E-state index in [1.165, 1.54) is 11.8 Å². The van der Waals surface area contributed by atoms with E-state index >= 15 is 0 Å². The molecule has 1 heterocycles. The summed E-state index contributed by atoms with van der Waals surface area (Å²) in [6.45, 7) is 4.31. The monoisotopic (exact) mass is 282 g/mol. The molecule has 1 aromatic carbocycles. The molecular formula is C13H15ClN2OS. The smallest absolute Gasteiger partial charge is 0.256 e. The van der Waals surface area contributed by atoms with Crippen molar-refractivity contribution in [1.29, 1.82) is 0 Å². The van der Waals surface area contributed by atoms with Crippen molar-refractivity contribution in [2.75, 3.05) is 6.54 Å². The van der Waals surface area contributed by atoms with Crippen molar-refractivity contribution in [3.63, 3.8) is 0 Å². The fourth-order valence-corrected chi connectivity index (χ4v) is 2.96. The van der Waals surface area contributed by atoms with Gasteiger partial charge >= 0.3 is 0 Å². The van der Waals surface area contributed by atoms with E-state index in [0.717, 1.165) is 22.0 Å². The van der Waals surface area contributed by atoms with Gasteiger partial charge in [0.15, 0.2) is 0 Å². The molecule has 1 aromatic heterocycles. The van der Waals surface area contributed by atoms with E-state index in [1.807, 2.05) is 38.1 Å². The molecule has 0 radical (unpaired) electrons. The van der Waals surface area contributed by atoms with Gasteiger partial charge in [0.05, 0.1) is 10.9 Å². The number of oxazole rings is 1. The highest BCUT2D eigenvalue weighted by Crippen LogP contribution is 2.37. The van der Waals surface area contributed by atoms with Crippen LogP contribution in [0.25, 0.3) is 0 Å². The van der Waals surface area contributed by atoms with E-state index in [-0.39, 0.29) is 5.25 Å². The highest BCUT2D eigenvalue weighted by molar-refractivity contribution is 7.99. The van der Waals surface area contributed by atoms with Crippen LogP contribution >= 0.6 is 23.4 Å². The van der Waals surface area contributed by atoms with Gasteiger partial charge in [0, 0.05) is 11.6 Å². The molecular weight excluding hydrogens is 268 g/mol. The lowest BCUT2D eigenvalue weighted by molar-refractivity contribution is 0.430. The summed E-state index contributed by atoms with van der Waals surface area (Å²) in [6.07, 6.45) is 0. The number of thioether (sulfide) groups is 1. The summed E-state index contributed by atoms with van der Waals surface area (Å²) in [5, 5.41) is 1.41. The minimum atomic E-state index is 0.0520. The Morgan fingerprint density at radius 2 is 2.11 bits per heavy atom. The lowest BCUT2D eigenvalue weighted by Gasteiger charge is -2.13. The van der Waals surface area contributed by atoms with Gasteiger partial charge in [-0.1, -0.05) is 41.6 Å². The van der Waals surface area contributed by atoms with Crippen LogP contribution in [0.15, 0.2) is 33.9 Å². The molecule has 0 saturated heterocycles. The third-order valence-electron chi connectivity index (χ3n) is 2.72. The van der Waals surface area contributed by atoms with Gasteiger partial charge in [-0.25, -0.2) is 4.98 Å². The van der Waals surface area contributed by atoms with Gasteiger partial charge in [-0.05, 0) is 25.5 Å². The fourth-order valence-electron chi connectivity index (χ4n) is 1.59. The van der Waals surface area contributed by atoms with Gasteiger partial charge in [-0.2, -0.15) is 0 Å². The predicted molar refractivity (Wildman–Crippen MR) is 75.1 cm³/mol. The number of nitrogens with zero attached hydrogens (tertiary/aromatic N) is 1. The van der Waals surface area contributed by atoms with Crippen LogP contribution in [-0.2, 0) is 0 Å². The largest absolute Gasteiger partial charge is 0.437 e. The Kier molecular flexibility index (Phi) is 4.32. The number of hydrogen-bond acceptors (Lipinski definition) is 4. The van der Waals surface area contributed by atoms with Gasteiger partial charge in [0.2, 0.25) is 0 Å². The average molecular weight is 283 g/mol. The summed E-state index contributed by atoms with van der Waals surface area (Å²) in [5.41, 5.74) is 7.74. The normalized spacial score (nSPS) is 12.7. The molecule has 3 nitrogen and oxygen atoms in total. The molecule has 0 aliphatic carbocycles. The quantitative estimate of drug-likeness (QED) is 0.868. The molecule has 96 valence electrons. The van der Waals surface area contributed by atoms with Gasteiger partial charge in [-0.3, -0.25) is 0 Å². The summed E-state index contributed by atoms with van der Waals surface area (Å²) in [4.78, 5) is 4.35. The third-order valence-corrected chi connectivity index (χ3v) is 4.17. The Balaban J connectivity index is 2.22. The number of rotatable bonds is 4. The number of benzene rings is 1. The van der Waals surface area contributed by atoms with Crippen LogP contribution in [0.4, 0.5) is 0 Å². The predicted octanol–water partition coefficient (Wildman–Crippen LogP) is 3.74. The molecule has 0 bridgehead atoms. The summed E-state index contributed by atoms with van der Waals surface area (Å²) in [7, 11) is 0. The van der Waals surface area contributed by atoms with Gasteiger partial charge in [0.25, 0.3) is 5.22 Å². The van der Waals surface area contributed by atoms with Crippen LogP contribution in [0.5, 0.6) is 0 Å². The van der Waals surface area contributed by atoms with E-state index in [4.69, 9.17) is 21.8 Å². The molecule has 1 unspecified atom stereocenters. The first-order valence-corrected chi connectivity index (χ1v) is 6.92. The van der Waals surface area contributed by atoms with Gasteiger partial charge in [0.1, 0.15) is 5.76 Å². The molecule has 0 aliphatic rings. The number of aryl methyl sites for hydroxylation is 2. The molecule has 2 rings (SSSR count). The number of hydrogen-bond donors (Lipinski definition) is 1. The summed E-state index contributed by atoms with van der Waals surface area (Å²) < 4.78 is 5.56. The van der Waals surface area contributed by atoms with Crippen LogP contribution in [0, 0.1) is 13.8 Å². The van der Waals surface area contributed by atoms with Gasteiger partial charge < -0.3 is 10.2 Å². The van der Waals surface area contributed by atoms with Crippen LogP contribution in [0.1, 0.15) is 22.3 Å². The Morgan fingerprint density at radius 3 is 2.67 bits per heavy atom. The first kappa shape index (κ1) is 13.5. The van der Waals surface area contributed by atoms with Crippen molar-refractivity contribution in [1.82, 2.24) is 4.98 Å². The zero-order valence-corrected chi connectivity index (χ0v) is 11.9. The van der Waals surface area contributed by atoms with E-state index in [9.17, 15) is 0 Å². The maximum absolute atomic E-state index is 6.18. The molecule has 2 N–H and O–H groups in total. The molecule has 0 amide bonds. The van der Waals surface area contributed by atoms with Crippen LogP contribution in [-0.4, -0.2) is 11.5 Å². The zero-order valence-electron chi connectivity index (χ0n) is 10.3. The Labute approximate surface area is 116 Å². The second-order valence-electron chi connectivity index (χ2n) is 3.99. The van der Waals surface area contributed by atoms with Gasteiger partial charge in [-0.15, -0.1) is 0 Å². The maximum atomic E-state index is 6.18. The van der Waals surface area contributed by atoms with Crippen LogP contribution < -0.4 is 5.73 Å². The van der Waals surface area contributed by atoms with E-state index in [1.54, 1.807) is 0 Å². The van der Waals surface area contributed by atoms with Crippen LogP contribution in [0.2, 0.25) is 5.02 Å². The minimum Gasteiger partial charge on any atom is -0.437 e. The van der Waals surface area contributed by atoms with Crippen molar-refractivity contribution in [2.45, 2.75) is 24.3 Å². The highest BCUT2D eigenvalue weighted by Gasteiger charge is 2.18. The molecule has 0 aliphatic heterocycles. The third kappa shape index (κ3) is 2.88. The summed E-state index contributed by atoms with van der Waals surface area (Å²) in [5.74, 6) is 0.840. The number of halogens is 1. The second kappa shape index (κ2) is 5.78. The van der Waals surface area contributed by atoms with E-state index in [2.05, 4.69) is 4.98 Å². The minimum absolute atomic E-state index is 0.0520. The Morgan fingerprint density at radius 1 is 1.39 bits per heavy atom. The number of nitrogens with two attached hydrogens (primary N) is 1. The van der Waals surface area contributed by atoms with Crippen LogP contribution in [0.3, 0.4) is 0 Å². The second-order valence-corrected chi connectivity index (χ2v) is 5.55. The Hall–Kier alpha value is -0.970. The molecule has 18 heavy (non-hydrogen) atoms. The SMILES string of the molecule is Cc1nc(SC(CN)c2ccccc2Cl)oc1C. The van der Waals surface area contributed by atoms with Crippen molar-refractivity contribution < 1.29 is 4.42 Å². The highest BCUT2D eigenvalue weighted by atomic mass is 35.5. The first-order valence-electron chi connectivity index (χ1n) is 5.67. The lowest BCUT2D eigenvalue weighted by Crippen LogP contribution is -2.09. The summed E-state index contributed by atoms with van der Waals surface area (Å²) >= 11 is 7.68. The first-order chi connectivity index (χ1) is 8.61. The maximum Gasteiger partial charge on any atom is 0.256 e. The molecule has 0 saturated carbocycles. The molecule has 5 heteroatoms. The van der Waals surface area contributed by atoms with E-state index in [0.29, 0.717) is 11.8 Å². The average Bonchev–Trinajstić information content (AvgIpc) is 2.66. The summed E-state index contributed by atoms with van der Waals surface area (Å²) in [6, 6.07) is 7.71. The molecule has 2 aromatic rings. The van der Waals surface area contributed by atoms with Crippen molar-refractivity contribution in [2.24, 2.45) is 5.73 Å². The van der Waals surface area contributed by atoms with Crippen molar-refractivity contribution in [3.05, 3.63) is 46.3 Å². The molecule has 0 spiro atoms. The standard InChI is InChI=1S/C13H15ClN2OS/c1-8-9(2)17-13(16-8)18-12(7-15)10-5-3-4-6-11(10)14/h3-6,12H,7,15H2,1-2H3. The fraction of sp³-hybridized carbons (Fsp3) is 0.308. The Bertz CT molecular complexity index is 522. The van der Waals surface area contributed by atoms with Crippen molar-refractivity contribution in [3.8, 4) is 0 Å². The molecule has 1 atom stereocenters. The topological polar surface area (TPSA) is 52.0 Å². The molecule has 0 fully saturated rings. The van der Waals surface area contributed by atoms with Crippen molar-refractivity contribution >= 4 is 23.4 Å². The van der Waals surface area contributed by atoms with E-state index < -0.39 is 0 Å².